The second-order valence-corrected chi connectivity index (χ2v) is 11.8. The molecule has 0 spiro atoms. The van der Waals surface area contributed by atoms with Gasteiger partial charge in [0, 0.05) is 11.8 Å². The van der Waals surface area contributed by atoms with Gasteiger partial charge in [-0.1, -0.05) is 13.8 Å². The van der Waals surface area contributed by atoms with Gasteiger partial charge < -0.3 is 19.6 Å². The number of sulfone groups is 2. The van der Waals surface area contributed by atoms with Crippen molar-refractivity contribution in [2.45, 2.75) is 36.5 Å². The topological polar surface area (TPSA) is 134 Å². The van der Waals surface area contributed by atoms with E-state index in [9.17, 15) is 21.6 Å². The van der Waals surface area contributed by atoms with Crippen molar-refractivity contribution in [3.05, 3.63) is 47.8 Å². The molecule has 1 aliphatic heterocycles. The van der Waals surface area contributed by atoms with Gasteiger partial charge in [0.05, 0.1) is 22.7 Å². The van der Waals surface area contributed by atoms with Crippen LogP contribution >= 0.6 is 0 Å². The number of ketones is 1. The molecule has 2 aromatic heterocycles. The molecule has 9 nitrogen and oxygen atoms in total. The number of carbonyl (C=O) groups is 1. The molecule has 33 heavy (non-hydrogen) atoms. The smallest absolute Gasteiger partial charge is 0.231 e. The predicted octanol–water partition coefficient (Wildman–Crippen LogP) is 2.85. The number of nitrogens with two attached hydrogens (primary N) is 1. The van der Waals surface area contributed by atoms with E-state index in [1.165, 1.54) is 34.9 Å². The molecule has 0 saturated heterocycles. The van der Waals surface area contributed by atoms with Gasteiger partial charge in [-0.2, -0.15) is 0 Å². The Morgan fingerprint density at radius 3 is 2.27 bits per heavy atom. The standard InChI is InChI=1S/C22H24N2O7S2/c1-3-10-32(26,27)21-18-15(23)6-5-9-24(18)19(22(21)33(28,29)11-4-2)20(25)14-7-8-16-17(12-14)31-13-30-16/h5-9,12H,3-4,10-11,13,23H2,1-2H3. The molecule has 0 atom stereocenters. The number of hydrogen-bond acceptors (Lipinski definition) is 8. The average molecular weight is 493 g/mol. The minimum absolute atomic E-state index is 0.00705. The van der Waals surface area contributed by atoms with Crippen LogP contribution in [0.5, 0.6) is 11.5 Å². The number of anilines is 1. The second-order valence-electron chi connectivity index (χ2n) is 7.72. The molecule has 0 amide bonds. The van der Waals surface area contributed by atoms with E-state index in [-0.39, 0.29) is 53.6 Å². The molecule has 0 radical (unpaired) electrons. The first-order valence-corrected chi connectivity index (χ1v) is 13.7. The number of aromatic nitrogens is 1. The van der Waals surface area contributed by atoms with Gasteiger partial charge >= 0.3 is 0 Å². The monoisotopic (exact) mass is 492 g/mol. The fraction of sp³-hybridized carbons (Fsp3) is 0.318. The van der Waals surface area contributed by atoms with Crippen LogP contribution in [-0.2, 0) is 19.7 Å². The molecular formula is C22H24N2O7S2. The summed E-state index contributed by atoms with van der Waals surface area (Å²) in [7, 11) is -8.22. The number of hydrogen-bond donors (Lipinski definition) is 1. The highest BCUT2D eigenvalue weighted by Gasteiger charge is 2.38. The molecule has 0 fully saturated rings. The Bertz CT molecular complexity index is 1470. The van der Waals surface area contributed by atoms with Crippen LogP contribution in [0.1, 0.15) is 42.7 Å². The van der Waals surface area contributed by atoms with Crippen molar-refractivity contribution >= 4 is 36.7 Å². The maximum absolute atomic E-state index is 13.7. The normalized spacial score (nSPS) is 13.5. The molecular weight excluding hydrogens is 468 g/mol. The summed E-state index contributed by atoms with van der Waals surface area (Å²) in [6.07, 6.45) is 1.96. The van der Waals surface area contributed by atoms with E-state index in [2.05, 4.69) is 0 Å². The Morgan fingerprint density at radius 2 is 1.61 bits per heavy atom. The molecule has 0 bridgehead atoms. The van der Waals surface area contributed by atoms with Crippen molar-refractivity contribution in [3.8, 4) is 11.5 Å². The molecule has 0 saturated carbocycles. The van der Waals surface area contributed by atoms with Crippen molar-refractivity contribution in [3.63, 3.8) is 0 Å². The fourth-order valence-corrected chi connectivity index (χ4v) is 7.98. The number of fused-ring (bicyclic) bond motifs is 2. The first-order valence-electron chi connectivity index (χ1n) is 10.4. The van der Waals surface area contributed by atoms with Crippen LogP contribution < -0.4 is 15.2 Å². The first kappa shape index (κ1) is 23.1. The van der Waals surface area contributed by atoms with Crippen molar-refractivity contribution in [1.29, 1.82) is 0 Å². The van der Waals surface area contributed by atoms with Gasteiger partial charge in [-0.05, 0) is 43.2 Å². The Labute approximate surface area is 191 Å². The molecule has 176 valence electrons. The van der Waals surface area contributed by atoms with Crippen LogP contribution in [0.25, 0.3) is 5.52 Å². The number of pyridine rings is 1. The van der Waals surface area contributed by atoms with E-state index in [4.69, 9.17) is 15.2 Å². The Morgan fingerprint density at radius 1 is 0.970 bits per heavy atom. The number of nitrogens with zero attached hydrogens (tertiary/aromatic N) is 1. The van der Waals surface area contributed by atoms with Crippen molar-refractivity contribution in [2.24, 2.45) is 0 Å². The maximum Gasteiger partial charge on any atom is 0.231 e. The lowest BCUT2D eigenvalue weighted by molar-refractivity contribution is 0.103. The largest absolute Gasteiger partial charge is 0.454 e. The number of benzene rings is 1. The summed E-state index contributed by atoms with van der Waals surface area (Å²) in [6.45, 7) is 3.35. The number of ether oxygens (including phenoxy) is 2. The minimum atomic E-state index is -4.15. The van der Waals surface area contributed by atoms with Gasteiger partial charge in [0.15, 0.2) is 31.2 Å². The quantitative estimate of drug-likeness (QED) is 0.475. The van der Waals surface area contributed by atoms with E-state index in [0.29, 0.717) is 11.5 Å². The number of nitrogen functional groups attached to an aromatic ring is 1. The number of rotatable bonds is 8. The van der Waals surface area contributed by atoms with E-state index in [0.717, 1.165) is 0 Å². The Kier molecular flexibility index (Phi) is 5.87. The van der Waals surface area contributed by atoms with Crippen LogP contribution in [0.15, 0.2) is 46.3 Å². The summed E-state index contributed by atoms with van der Waals surface area (Å²) in [4.78, 5) is 12.8. The van der Waals surface area contributed by atoms with Crippen LogP contribution in [0.4, 0.5) is 5.69 Å². The molecule has 4 rings (SSSR count). The molecule has 1 aliphatic rings. The van der Waals surface area contributed by atoms with Gasteiger partial charge in [-0.3, -0.25) is 4.79 Å². The second kappa shape index (κ2) is 8.38. The highest BCUT2D eigenvalue weighted by atomic mass is 32.2. The Balaban J connectivity index is 2.12. The predicted molar refractivity (Wildman–Crippen MR) is 122 cm³/mol. The third-order valence-electron chi connectivity index (χ3n) is 5.32. The highest BCUT2D eigenvalue weighted by Crippen LogP contribution is 2.39. The van der Waals surface area contributed by atoms with Crippen molar-refractivity contribution in [1.82, 2.24) is 4.40 Å². The molecule has 3 aromatic rings. The lowest BCUT2D eigenvalue weighted by atomic mass is 10.1. The van der Waals surface area contributed by atoms with Crippen molar-refractivity contribution < 1.29 is 31.1 Å². The first-order chi connectivity index (χ1) is 15.6. The highest BCUT2D eigenvalue weighted by molar-refractivity contribution is 7.94. The lowest BCUT2D eigenvalue weighted by Gasteiger charge is -2.09. The molecule has 0 aliphatic carbocycles. The summed E-state index contributed by atoms with van der Waals surface area (Å²) < 4.78 is 65.4. The van der Waals surface area contributed by atoms with Gasteiger partial charge in [0.1, 0.15) is 15.5 Å². The average Bonchev–Trinajstić information content (AvgIpc) is 3.36. The zero-order valence-corrected chi connectivity index (χ0v) is 19.8. The van der Waals surface area contributed by atoms with Gasteiger partial charge in [-0.15, -0.1) is 0 Å². The molecule has 11 heteroatoms. The van der Waals surface area contributed by atoms with E-state index >= 15 is 0 Å². The van der Waals surface area contributed by atoms with E-state index in [1.54, 1.807) is 19.9 Å². The third-order valence-corrected chi connectivity index (χ3v) is 9.38. The van der Waals surface area contributed by atoms with Gasteiger partial charge in [-0.25, -0.2) is 16.8 Å². The van der Waals surface area contributed by atoms with Crippen LogP contribution in [0, 0.1) is 0 Å². The zero-order valence-electron chi connectivity index (χ0n) is 18.2. The van der Waals surface area contributed by atoms with Gasteiger partial charge in [0.25, 0.3) is 0 Å². The van der Waals surface area contributed by atoms with Crippen molar-refractivity contribution in [2.75, 3.05) is 24.0 Å². The lowest BCUT2D eigenvalue weighted by Crippen LogP contribution is -2.17. The Hall–Kier alpha value is -3.05. The van der Waals surface area contributed by atoms with Crippen LogP contribution in [0.2, 0.25) is 0 Å². The van der Waals surface area contributed by atoms with Gasteiger partial charge in [0.2, 0.25) is 12.6 Å². The summed E-state index contributed by atoms with van der Waals surface area (Å²) in [5.41, 5.74) is 6.05. The summed E-state index contributed by atoms with van der Waals surface area (Å²) in [5, 5.41) is 0. The molecule has 0 unspecified atom stereocenters. The maximum atomic E-state index is 13.7. The third kappa shape index (κ3) is 3.84. The van der Waals surface area contributed by atoms with Crippen LogP contribution in [0.3, 0.4) is 0 Å². The SMILES string of the molecule is CCCS(=O)(=O)c1c(S(=O)(=O)CCC)c2c(N)cccn2c1C(=O)c1ccc2c(c1)OCO2. The summed E-state index contributed by atoms with van der Waals surface area (Å²) >= 11 is 0. The van der Waals surface area contributed by atoms with Crippen LogP contribution in [-0.4, -0.2) is 45.3 Å². The minimum Gasteiger partial charge on any atom is -0.454 e. The van der Waals surface area contributed by atoms with E-state index < -0.39 is 35.2 Å². The zero-order chi connectivity index (χ0) is 24.0. The summed E-state index contributed by atoms with van der Waals surface area (Å²) in [6, 6.07) is 7.50. The molecule has 1 aromatic carbocycles. The summed E-state index contributed by atoms with van der Waals surface area (Å²) in [5.74, 6) is -0.465. The van der Waals surface area contributed by atoms with E-state index in [1.807, 2.05) is 0 Å². The number of carbonyl (C=O) groups excluding carboxylic acids is 1. The molecule has 2 N–H and O–H groups in total. The fourth-order valence-electron chi connectivity index (χ4n) is 3.98. The molecule has 3 heterocycles.